The molecule has 4 aromatic rings. The van der Waals surface area contributed by atoms with E-state index in [-0.39, 0.29) is 22.2 Å². The highest BCUT2D eigenvalue weighted by atomic mass is 32.2. The standard InChI is InChI=1S/C21H16N2O4S2/c24-20(23-21-22-18(13-28-21)15-7-3-1-4-8-15)19-12-11-16(27-19)14-29(25,26)17-9-5-2-6-10-17/h1-13H,14H2,(H,22,23,24). The number of furan rings is 1. The summed E-state index contributed by atoms with van der Waals surface area (Å²) in [4.78, 5) is 17.0. The van der Waals surface area contributed by atoms with Gasteiger partial charge >= 0.3 is 0 Å². The average Bonchev–Trinajstić information content (AvgIpc) is 3.39. The van der Waals surface area contributed by atoms with E-state index in [0.717, 1.165) is 11.3 Å². The highest BCUT2D eigenvalue weighted by molar-refractivity contribution is 7.90. The maximum Gasteiger partial charge on any atom is 0.293 e. The minimum atomic E-state index is -3.55. The molecule has 8 heteroatoms. The molecule has 0 spiro atoms. The Balaban J connectivity index is 1.45. The Morgan fingerprint density at radius 3 is 2.38 bits per heavy atom. The number of amides is 1. The Morgan fingerprint density at radius 1 is 0.966 bits per heavy atom. The number of nitrogens with zero attached hydrogens (tertiary/aromatic N) is 1. The number of carbonyl (C=O) groups excluding carboxylic acids is 1. The molecule has 0 saturated heterocycles. The van der Waals surface area contributed by atoms with Crippen LogP contribution in [0.1, 0.15) is 16.3 Å². The van der Waals surface area contributed by atoms with Crippen LogP contribution < -0.4 is 5.32 Å². The largest absolute Gasteiger partial charge is 0.455 e. The number of aromatic nitrogens is 1. The van der Waals surface area contributed by atoms with Gasteiger partial charge in [0.25, 0.3) is 5.91 Å². The van der Waals surface area contributed by atoms with Gasteiger partial charge in [-0.15, -0.1) is 11.3 Å². The molecule has 1 N–H and O–H groups in total. The van der Waals surface area contributed by atoms with Crippen molar-refractivity contribution in [2.75, 3.05) is 5.32 Å². The number of hydrogen-bond donors (Lipinski definition) is 1. The van der Waals surface area contributed by atoms with Crippen molar-refractivity contribution in [3.05, 3.63) is 89.7 Å². The maximum absolute atomic E-state index is 12.4. The van der Waals surface area contributed by atoms with Gasteiger partial charge in [-0.3, -0.25) is 10.1 Å². The lowest BCUT2D eigenvalue weighted by atomic mass is 10.2. The second-order valence-corrected chi connectivity index (χ2v) is 9.04. The van der Waals surface area contributed by atoms with Crippen LogP contribution in [0.15, 0.2) is 87.5 Å². The molecule has 2 aromatic heterocycles. The summed E-state index contributed by atoms with van der Waals surface area (Å²) in [5.41, 5.74) is 1.72. The van der Waals surface area contributed by atoms with E-state index in [9.17, 15) is 13.2 Å². The summed E-state index contributed by atoms with van der Waals surface area (Å²) in [6.07, 6.45) is 0. The fourth-order valence-corrected chi connectivity index (χ4v) is 4.69. The Bertz CT molecular complexity index is 1230. The predicted molar refractivity (Wildman–Crippen MR) is 112 cm³/mol. The van der Waals surface area contributed by atoms with E-state index in [1.54, 1.807) is 18.2 Å². The number of nitrogens with one attached hydrogen (secondary N) is 1. The fourth-order valence-electron chi connectivity index (χ4n) is 2.71. The molecule has 2 aromatic carbocycles. The molecule has 4 rings (SSSR count). The number of rotatable bonds is 6. The van der Waals surface area contributed by atoms with Gasteiger partial charge in [-0.2, -0.15) is 0 Å². The van der Waals surface area contributed by atoms with Crippen molar-refractivity contribution in [3.63, 3.8) is 0 Å². The molecule has 6 nitrogen and oxygen atoms in total. The van der Waals surface area contributed by atoms with E-state index >= 15 is 0 Å². The number of carbonyl (C=O) groups is 1. The molecular formula is C21H16N2O4S2. The molecule has 0 saturated carbocycles. The monoisotopic (exact) mass is 424 g/mol. The molecule has 0 fully saturated rings. The van der Waals surface area contributed by atoms with Crippen LogP contribution in [-0.2, 0) is 15.6 Å². The number of anilines is 1. The van der Waals surface area contributed by atoms with Crippen LogP contribution in [0.25, 0.3) is 11.3 Å². The summed E-state index contributed by atoms with van der Waals surface area (Å²) < 4.78 is 30.3. The van der Waals surface area contributed by atoms with Crippen molar-refractivity contribution in [2.45, 2.75) is 10.6 Å². The SMILES string of the molecule is O=C(Nc1nc(-c2ccccc2)cs1)c1ccc(CS(=O)(=O)c2ccccc2)o1. The second-order valence-electron chi connectivity index (χ2n) is 6.20. The van der Waals surface area contributed by atoms with Crippen LogP contribution in [0.4, 0.5) is 5.13 Å². The summed E-state index contributed by atoms with van der Waals surface area (Å²) in [7, 11) is -3.55. The quantitative estimate of drug-likeness (QED) is 0.487. The van der Waals surface area contributed by atoms with Gasteiger partial charge in [0.05, 0.1) is 10.6 Å². The van der Waals surface area contributed by atoms with Crippen LogP contribution in [0, 0.1) is 0 Å². The first-order valence-electron chi connectivity index (χ1n) is 8.70. The molecule has 0 aliphatic heterocycles. The molecule has 0 aliphatic rings. The number of thiazole rings is 1. The normalized spacial score (nSPS) is 11.3. The third kappa shape index (κ3) is 4.44. The minimum absolute atomic E-state index is 0.0275. The zero-order valence-corrected chi connectivity index (χ0v) is 16.7. The molecule has 2 heterocycles. The number of benzene rings is 2. The summed E-state index contributed by atoms with van der Waals surface area (Å²) in [6, 6.07) is 20.7. The van der Waals surface area contributed by atoms with E-state index in [2.05, 4.69) is 10.3 Å². The van der Waals surface area contributed by atoms with Crippen LogP contribution in [0.3, 0.4) is 0 Å². The molecule has 0 radical (unpaired) electrons. The van der Waals surface area contributed by atoms with Crippen molar-refractivity contribution in [3.8, 4) is 11.3 Å². The Hall–Kier alpha value is -3.23. The lowest BCUT2D eigenvalue weighted by Crippen LogP contribution is -2.10. The predicted octanol–water partition coefficient (Wildman–Crippen LogP) is 4.63. The fraction of sp³-hybridized carbons (Fsp3) is 0.0476. The van der Waals surface area contributed by atoms with Crippen LogP contribution in [-0.4, -0.2) is 19.3 Å². The van der Waals surface area contributed by atoms with Gasteiger partial charge in [0.1, 0.15) is 11.5 Å². The van der Waals surface area contributed by atoms with E-state index in [1.807, 2.05) is 35.7 Å². The highest BCUT2D eigenvalue weighted by Gasteiger charge is 2.19. The maximum atomic E-state index is 12.4. The van der Waals surface area contributed by atoms with Crippen LogP contribution in [0.2, 0.25) is 0 Å². The summed E-state index contributed by atoms with van der Waals surface area (Å²) in [5.74, 6) is -0.579. The highest BCUT2D eigenvalue weighted by Crippen LogP contribution is 2.25. The van der Waals surface area contributed by atoms with Crippen molar-refractivity contribution < 1.29 is 17.6 Å². The molecule has 29 heavy (non-hydrogen) atoms. The summed E-state index contributed by atoms with van der Waals surface area (Å²) >= 11 is 1.30. The number of sulfone groups is 1. The molecule has 0 aliphatic carbocycles. The summed E-state index contributed by atoms with van der Waals surface area (Å²) in [5, 5.41) is 4.97. The Labute approximate surface area is 171 Å². The van der Waals surface area contributed by atoms with Crippen LogP contribution in [0.5, 0.6) is 0 Å². The molecule has 1 amide bonds. The Morgan fingerprint density at radius 2 is 1.66 bits per heavy atom. The first kappa shape index (κ1) is 19.1. The van der Waals surface area contributed by atoms with Gasteiger partial charge in [0.15, 0.2) is 20.7 Å². The summed E-state index contributed by atoms with van der Waals surface area (Å²) in [6.45, 7) is 0. The average molecular weight is 425 g/mol. The van der Waals surface area contributed by atoms with Gasteiger partial charge in [-0.1, -0.05) is 48.5 Å². The number of hydrogen-bond acceptors (Lipinski definition) is 6. The zero-order chi connectivity index (χ0) is 20.3. The van der Waals surface area contributed by atoms with E-state index < -0.39 is 15.7 Å². The molecule has 0 bridgehead atoms. The van der Waals surface area contributed by atoms with Gasteiger partial charge < -0.3 is 4.42 Å². The van der Waals surface area contributed by atoms with Gasteiger partial charge in [0, 0.05) is 10.9 Å². The van der Waals surface area contributed by atoms with Gasteiger partial charge in [-0.05, 0) is 24.3 Å². The Kier molecular flexibility index (Phi) is 5.28. The third-order valence-electron chi connectivity index (χ3n) is 4.11. The van der Waals surface area contributed by atoms with Crippen LogP contribution >= 0.6 is 11.3 Å². The molecule has 146 valence electrons. The zero-order valence-electron chi connectivity index (χ0n) is 15.1. The first-order valence-corrected chi connectivity index (χ1v) is 11.2. The van der Waals surface area contributed by atoms with Gasteiger partial charge in [-0.25, -0.2) is 13.4 Å². The first-order chi connectivity index (χ1) is 14.0. The third-order valence-corrected chi connectivity index (χ3v) is 6.53. The molecule has 0 atom stereocenters. The van der Waals surface area contributed by atoms with E-state index in [4.69, 9.17) is 4.42 Å². The van der Waals surface area contributed by atoms with Gasteiger partial charge in [0.2, 0.25) is 0 Å². The van der Waals surface area contributed by atoms with Crippen molar-refractivity contribution >= 4 is 32.2 Å². The lowest BCUT2D eigenvalue weighted by Gasteiger charge is -2.02. The lowest BCUT2D eigenvalue weighted by molar-refractivity contribution is 0.0995. The molecule has 0 unspecified atom stereocenters. The van der Waals surface area contributed by atoms with E-state index in [0.29, 0.717) is 5.13 Å². The van der Waals surface area contributed by atoms with Crippen molar-refractivity contribution in [2.24, 2.45) is 0 Å². The van der Waals surface area contributed by atoms with E-state index in [1.165, 1.54) is 35.6 Å². The molecular weight excluding hydrogens is 408 g/mol. The topological polar surface area (TPSA) is 89.3 Å². The van der Waals surface area contributed by atoms with Crippen molar-refractivity contribution in [1.29, 1.82) is 0 Å². The smallest absolute Gasteiger partial charge is 0.293 e. The minimum Gasteiger partial charge on any atom is -0.455 e. The second kappa shape index (κ2) is 8.02. The van der Waals surface area contributed by atoms with Crippen molar-refractivity contribution in [1.82, 2.24) is 4.98 Å².